The number of rotatable bonds is 6. The topological polar surface area (TPSA) is 67.4 Å². The van der Waals surface area contributed by atoms with E-state index in [1.807, 2.05) is 25.1 Å². The molecule has 0 spiro atoms. The van der Waals surface area contributed by atoms with Crippen molar-refractivity contribution in [2.24, 2.45) is 0 Å². The third-order valence-electron chi connectivity index (χ3n) is 4.39. The summed E-state index contributed by atoms with van der Waals surface area (Å²) in [6.07, 6.45) is 1.64. The number of Topliss-reactive ketones (excluding diaryl/α,β-unsaturated/α-hetero) is 1. The summed E-state index contributed by atoms with van der Waals surface area (Å²) in [5.74, 6) is -0.123. The molecule has 1 aliphatic rings. The van der Waals surface area contributed by atoms with Crippen molar-refractivity contribution in [3.8, 4) is 5.75 Å². The summed E-state index contributed by atoms with van der Waals surface area (Å²) in [6, 6.07) is 11.3. The summed E-state index contributed by atoms with van der Waals surface area (Å²) in [4.78, 5) is 25.3. The van der Waals surface area contributed by atoms with Gasteiger partial charge in [-0.2, -0.15) is 0 Å². The van der Waals surface area contributed by atoms with Crippen molar-refractivity contribution in [2.45, 2.75) is 31.8 Å². The first-order chi connectivity index (χ1) is 13.0. The number of anilines is 1. The molecule has 5 nitrogen and oxygen atoms in total. The second-order valence-corrected chi connectivity index (χ2v) is 7.20. The lowest BCUT2D eigenvalue weighted by molar-refractivity contribution is -0.123. The van der Waals surface area contributed by atoms with E-state index in [-0.39, 0.29) is 24.3 Å². The van der Waals surface area contributed by atoms with Crippen molar-refractivity contribution in [1.82, 2.24) is 5.32 Å². The molecule has 1 amide bonds. The molecule has 27 heavy (non-hydrogen) atoms. The number of carbonyl (C=O) groups excluding carboxylic acids is 2. The Kier molecular flexibility index (Phi) is 6.24. The van der Waals surface area contributed by atoms with Crippen LogP contribution in [0.15, 0.2) is 42.5 Å². The second kappa shape index (κ2) is 8.63. The van der Waals surface area contributed by atoms with Gasteiger partial charge in [0, 0.05) is 16.3 Å². The van der Waals surface area contributed by atoms with Crippen LogP contribution in [0.2, 0.25) is 10.0 Å². The first-order valence-corrected chi connectivity index (χ1v) is 9.52. The van der Waals surface area contributed by atoms with Gasteiger partial charge in [0.1, 0.15) is 11.8 Å². The quantitative estimate of drug-likeness (QED) is 0.748. The molecule has 0 aliphatic carbocycles. The highest BCUT2D eigenvalue weighted by Crippen LogP contribution is 2.28. The Balaban J connectivity index is 1.68. The van der Waals surface area contributed by atoms with E-state index in [9.17, 15) is 9.59 Å². The van der Waals surface area contributed by atoms with Crippen LogP contribution in [-0.4, -0.2) is 30.4 Å². The van der Waals surface area contributed by atoms with Crippen LogP contribution in [0.3, 0.4) is 0 Å². The molecule has 2 unspecified atom stereocenters. The fourth-order valence-electron chi connectivity index (χ4n) is 3.12. The molecule has 7 heteroatoms. The summed E-state index contributed by atoms with van der Waals surface area (Å²) in [7, 11) is 0. The van der Waals surface area contributed by atoms with E-state index in [4.69, 9.17) is 27.9 Å². The van der Waals surface area contributed by atoms with Crippen LogP contribution in [0.4, 0.5) is 5.69 Å². The molecule has 0 saturated heterocycles. The van der Waals surface area contributed by atoms with Crippen molar-refractivity contribution < 1.29 is 14.3 Å². The lowest BCUT2D eigenvalue weighted by atomic mass is 9.89. The largest absolute Gasteiger partial charge is 0.482 e. The van der Waals surface area contributed by atoms with Crippen LogP contribution in [-0.2, 0) is 4.79 Å². The highest BCUT2D eigenvalue weighted by atomic mass is 35.5. The normalized spacial score (nSPS) is 18.4. The second-order valence-electron chi connectivity index (χ2n) is 6.36. The standard InChI is InChI=1S/C20H20Cl2N2O3/c1-2-5-16-19(20(26)13-6-3-4-7-15(13)23-16)24-18(25)11-27-17-9-8-12(21)10-14(17)22/h3-4,6-10,16,19,23H,2,5,11H2,1H3,(H,24,25). The van der Waals surface area contributed by atoms with Crippen molar-refractivity contribution in [3.63, 3.8) is 0 Å². The van der Waals surface area contributed by atoms with Crippen LogP contribution >= 0.6 is 23.2 Å². The molecule has 0 aromatic heterocycles. The van der Waals surface area contributed by atoms with Gasteiger partial charge in [0.25, 0.3) is 5.91 Å². The van der Waals surface area contributed by atoms with Gasteiger partial charge in [-0.15, -0.1) is 0 Å². The van der Waals surface area contributed by atoms with Gasteiger partial charge in [-0.05, 0) is 36.8 Å². The molecule has 1 aliphatic heterocycles. The van der Waals surface area contributed by atoms with Gasteiger partial charge in [0.05, 0.1) is 11.1 Å². The van der Waals surface area contributed by atoms with E-state index in [1.54, 1.807) is 24.3 Å². The third-order valence-corrected chi connectivity index (χ3v) is 4.92. The van der Waals surface area contributed by atoms with Crippen LogP contribution < -0.4 is 15.4 Å². The Labute approximate surface area is 168 Å². The molecule has 3 rings (SSSR count). The monoisotopic (exact) mass is 406 g/mol. The van der Waals surface area contributed by atoms with Crippen molar-refractivity contribution in [3.05, 3.63) is 58.1 Å². The van der Waals surface area contributed by atoms with Gasteiger partial charge in [0.2, 0.25) is 0 Å². The fraction of sp³-hybridized carbons (Fsp3) is 0.300. The lowest BCUT2D eigenvalue weighted by Gasteiger charge is -2.34. The number of nitrogens with one attached hydrogen (secondary N) is 2. The zero-order valence-electron chi connectivity index (χ0n) is 14.8. The maximum atomic E-state index is 12.9. The number of halogens is 2. The zero-order chi connectivity index (χ0) is 19.4. The average molecular weight is 407 g/mol. The highest BCUT2D eigenvalue weighted by molar-refractivity contribution is 6.35. The van der Waals surface area contributed by atoms with E-state index in [1.165, 1.54) is 0 Å². The predicted octanol–water partition coefficient (Wildman–Crippen LogP) is 4.33. The fourth-order valence-corrected chi connectivity index (χ4v) is 3.59. The summed E-state index contributed by atoms with van der Waals surface area (Å²) >= 11 is 11.9. The maximum Gasteiger partial charge on any atom is 0.258 e. The molecule has 0 fully saturated rings. The highest BCUT2D eigenvalue weighted by Gasteiger charge is 2.35. The Hall–Kier alpha value is -2.24. The van der Waals surface area contributed by atoms with Crippen molar-refractivity contribution in [1.29, 1.82) is 0 Å². The first-order valence-electron chi connectivity index (χ1n) is 8.76. The van der Waals surface area contributed by atoms with E-state index in [2.05, 4.69) is 10.6 Å². The Morgan fingerprint density at radius 1 is 1.22 bits per heavy atom. The van der Waals surface area contributed by atoms with Crippen molar-refractivity contribution in [2.75, 3.05) is 11.9 Å². The summed E-state index contributed by atoms with van der Waals surface area (Å²) in [5.41, 5.74) is 1.38. The Morgan fingerprint density at radius 3 is 2.74 bits per heavy atom. The first kappa shape index (κ1) is 19.5. The molecule has 2 aromatic carbocycles. The minimum absolute atomic E-state index is 0.0966. The minimum atomic E-state index is -0.642. The molecule has 1 heterocycles. The summed E-state index contributed by atoms with van der Waals surface area (Å²) in [5, 5.41) is 6.97. The molecule has 2 N–H and O–H groups in total. The Morgan fingerprint density at radius 2 is 2.00 bits per heavy atom. The maximum absolute atomic E-state index is 12.9. The van der Waals surface area contributed by atoms with Crippen LogP contribution in [0.25, 0.3) is 0 Å². The molecule has 142 valence electrons. The minimum Gasteiger partial charge on any atom is -0.482 e. The molecule has 0 saturated carbocycles. The number of amides is 1. The van der Waals surface area contributed by atoms with Crippen LogP contribution in [0.5, 0.6) is 5.75 Å². The van der Waals surface area contributed by atoms with Gasteiger partial charge in [-0.1, -0.05) is 48.7 Å². The van der Waals surface area contributed by atoms with Gasteiger partial charge < -0.3 is 15.4 Å². The van der Waals surface area contributed by atoms with Crippen LogP contribution in [0.1, 0.15) is 30.1 Å². The van der Waals surface area contributed by atoms with Crippen LogP contribution in [0, 0.1) is 0 Å². The van der Waals surface area contributed by atoms with Gasteiger partial charge >= 0.3 is 0 Å². The number of benzene rings is 2. The molecular weight excluding hydrogens is 387 g/mol. The smallest absolute Gasteiger partial charge is 0.258 e. The molecular formula is C20H20Cl2N2O3. The number of ether oxygens (including phenoxy) is 1. The van der Waals surface area contributed by atoms with Gasteiger partial charge in [-0.25, -0.2) is 0 Å². The van der Waals surface area contributed by atoms with Gasteiger partial charge in [-0.3, -0.25) is 9.59 Å². The van der Waals surface area contributed by atoms with Crippen molar-refractivity contribution >= 4 is 40.6 Å². The zero-order valence-corrected chi connectivity index (χ0v) is 16.3. The van der Waals surface area contributed by atoms with E-state index in [0.29, 0.717) is 21.4 Å². The lowest BCUT2D eigenvalue weighted by Crippen LogP contribution is -2.55. The van der Waals surface area contributed by atoms with E-state index >= 15 is 0 Å². The number of ketones is 1. The van der Waals surface area contributed by atoms with E-state index in [0.717, 1.165) is 18.5 Å². The number of para-hydroxylation sites is 1. The van der Waals surface area contributed by atoms with Gasteiger partial charge in [0.15, 0.2) is 12.4 Å². The number of carbonyl (C=O) groups is 2. The summed E-state index contributed by atoms with van der Waals surface area (Å²) in [6.45, 7) is 1.79. The SMILES string of the molecule is CCCC1Nc2ccccc2C(=O)C1NC(=O)COc1ccc(Cl)cc1Cl. The molecule has 2 atom stereocenters. The average Bonchev–Trinajstić information content (AvgIpc) is 2.64. The Bertz CT molecular complexity index is 857. The molecule has 0 radical (unpaired) electrons. The molecule has 0 bridgehead atoms. The number of hydrogen-bond donors (Lipinski definition) is 2. The predicted molar refractivity (Wildman–Crippen MR) is 107 cm³/mol. The summed E-state index contributed by atoms with van der Waals surface area (Å²) < 4.78 is 5.46. The molecule has 2 aromatic rings. The third kappa shape index (κ3) is 4.54. The number of hydrogen-bond acceptors (Lipinski definition) is 4. The van der Waals surface area contributed by atoms with E-state index < -0.39 is 6.04 Å². The number of fused-ring (bicyclic) bond motifs is 1.